The van der Waals surface area contributed by atoms with E-state index in [9.17, 15) is 4.79 Å². The van der Waals surface area contributed by atoms with Crippen LogP contribution in [-0.4, -0.2) is 36.4 Å². The van der Waals surface area contributed by atoms with E-state index >= 15 is 0 Å². The molecule has 2 rings (SSSR count). The van der Waals surface area contributed by atoms with E-state index in [0.29, 0.717) is 11.9 Å². The zero-order valence-corrected chi connectivity index (χ0v) is 11.5. The molecule has 0 N–H and O–H groups in total. The van der Waals surface area contributed by atoms with Crippen LogP contribution in [0.1, 0.15) is 24.2 Å². The maximum absolute atomic E-state index is 11.7. The third-order valence-electron chi connectivity index (χ3n) is 3.04. The molecule has 0 saturated carbocycles. The largest absolute Gasteiger partial charge is 0.450 e. The Bertz CT molecular complexity index is 383. The molecule has 98 valence electrons. The number of amides is 1. The van der Waals surface area contributed by atoms with Gasteiger partial charge in [-0.05, 0) is 18.9 Å². The Hall–Kier alpha value is -1.16. The summed E-state index contributed by atoms with van der Waals surface area (Å²) in [5.41, 5.74) is 1.35. The first-order chi connectivity index (χ1) is 8.81. The molecule has 0 spiro atoms. The molecule has 1 fully saturated rings. The van der Waals surface area contributed by atoms with Crippen LogP contribution in [-0.2, 0) is 4.74 Å². The lowest BCUT2D eigenvalue weighted by atomic mass is 10.1. The van der Waals surface area contributed by atoms with Gasteiger partial charge in [0.15, 0.2) is 0 Å². The number of nitrogens with zero attached hydrogens (tertiary/aromatic N) is 1. The monoisotopic (exact) mass is 265 g/mol. The summed E-state index contributed by atoms with van der Waals surface area (Å²) in [7, 11) is 0. The Balaban J connectivity index is 1.94. The first kappa shape index (κ1) is 13.3. The van der Waals surface area contributed by atoms with Crippen molar-refractivity contribution in [3.63, 3.8) is 0 Å². The van der Waals surface area contributed by atoms with Crippen molar-refractivity contribution in [3.8, 4) is 0 Å². The Kier molecular flexibility index (Phi) is 4.93. The molecular formula is C14H19NO2S. The van der Waals surface area contributed by atoms with Crippen molar-refractivity contribution in [2.45, 2.75) is 18.6 Å². The fourth-order valence-electron chi connectivity index (χ4n) is 2.10. The highest BCUT2D eigenvalue weighted by Crippen LogP contribution is 2.34. The molecule has 18 heavy (non-hydrogen) atoms. The molecule has 0 radical (unpaired) electrons. The van der Waals surface area contributed by atoms with Gasteiger partial charge in [0, 0.05) is 24.1 Å². The van der Waals surface area contributed by atoms with E-state index in [2.05, 4.69) is 24.3 Å². The van der Waals surface area contributed by atoms with Crippen molar-refractivity contribution in [1.29, 1.82) is 0 Å². The minimum atomic E-state index is -0.174. The maximum atomic E-state index is 11.7. The van der Waals surface area contributed by atoms with Crippen LogP contribution in [0.2, 0.25) is 0 Å². The average Bonchev–Trinajstić information content (AvgIpc) is 2.66. The topological polar surface area (TPSA) is 29.5 Å². The Morgan fingerprint density at radius 1 is 1.39 bits per heavy atom. The minimum Gasteiger partial charge on any atom is -0.450 e. The van der Waals surface area contributed by atoms with E-state index in [1.807, 2.05) is 29.7 Å². The molecule has 1 aromatic rings. The van der Waals surface area contributed by atoms with Crippen LogP contribution in [0.3, 0.4) is 0 Å². The molecule has 0 unspecified atom stereocenters. The number of carbonyl (C=O) groups is 1. The average molecular weight is 265 g/mol. The highest BCUT2D eigenvalue weighted by Gasteiger charge is 2.22. The fraction of sp³-hybridized carbons (Fsp3) is 0.500. The van der Waals surface area contributed by atoms with E-state index in [1.54, 1.807) is 0 Å². The van der Waals surface area contributed by atoms with Gasteiger partial charge in [0.1, 0.15) is 0 Å². The quantitative estimate of drug-likeness (QED) is 0.821. The molecule has 1 atom stereocenters. The standard InChI is InChI=1S/C14H19NO2S/c1-2-17-14(16)15-9-8-13(18-11-10-15)12-6-4-3-5-7-12/h3-7,13H,2,8-11H2,1H3/t13-/m1/s1. The Labute approximate surface area is 113 Å². The van der Waals surface area contributed by atoms with Crippen molar-refractivity contribution in [2.75, 3.05) is 25.4 Å². The summed E-state index contributed by atoms with van der Waals surface area (Å²) in [4.78, 5) is 13.5. The van der Waals surface area contributed by atoms with Crippen LogP contribution in [0.5, 0.6) is 0 Å². The first-order valence-electron chi connectivity index (χ1n) is 6.39. The van der Waals surface area contributed by atoms with Crippen LogP contribution in [0, 0.1) is 0 Å². The van der Waals surface area contributed by atoms with Gasteiger partial charge < -0.3 is 9.64 Å². The third-order valence-corrected chi connectivity index (χ3v) is 4.37. The smallest absolute Gasteiger partial charge is 0.409 e. The SMILES string of the molecule is CCOC(=O)N1CCS[C@@H](c2ccccc2)CC1. The second-order valence-electron chi connectivity index (χ2n) is 4.24. The van der Waals surface area contributed by atoms with Gasteiger partial charge in [-0.1, -0.05) is 30.3 Å². The van der Waals surface area contributed by atoms with E-state index in [4.69, 9.17) is 4.74 Å². The molecule has 0 aromatic heterocycles. The number of thioether (sulfide) groups is 1. The van der Waals surface area contributed by atoms with Crippen molar-refractivity contribution < 1.29 is 9.53 Å². The summed E-state index contributed by atoms with van der Waals surface area (Å²) in [6.07, 6.45) is 0.819. The zero-order chi connectivity index (χ0) is 12.8. The minimum absolute atomic E-state index is 0.174. The normalized spacial score (nSPS) is 20.3. The van der Waals surface area contributed by atoms with Crippen LogP contribution >= 0.6 is 11.8 Å². The van der Waals surface area contributed by atoms with E-state index in [-0.39, 0.29) is 6.09 Å². The molecule has 1 aliphatic heterocycles. The highest BCUT2D eigenvalue weighted by molar-refractivity contribution is 7.99. The van der Waals surface area contributed by atoms with Gasteiger partial charge in [0.05, 0.1) is 6.61 Å². The predicted molar refractivity (Wildman–Crippen MR) is 74.9 cm³/mol. The molecule has 1 aliphatic rings. The molecule has 3 nitrogen and oxygen atoms in total. The maximum Gasteiger partial charge on any atom is 0.409 e. The summed E-state index contributed by atoms with van der Waals surface area (Å²) >= 11 is 1.93. The Morgan fingerprint density at radius 3 is 2.89 bits per heavy atom. The van der Waals surface area contributed by atoms with E-state index in [0.717, 1.165) is 25.3 Å². The Morgan fingerprint density at radius 2 is 2.17 bits per heavy atom. The lowest BCUT2D eigenvalue weighted by Crippen LogP contribution is -2.33. The van der Waals surface area contributed by atoms with Gasteiger partial charge in [-0.25, -0.2) is 4.79 Å². The summed E-state index contributed by atoms with van der Waals surface area (Å²) in [6.45, 7) is 3.86. The van der Waals surface area contributed by atoms with Crippen molar-refractivity contribution in [3.05, 3.63) is 35.9 Å². The van der Waals surface area contributed by atoms with Gasteiger partial charge in [0.25, 0.3) is 0 Å². The summed E-state index contributed by atoms with van der Waals surface area (Å²) in [6, 6.07) is 10.5. The molecule has 1 saturated heterocycles. The number of rotatable bonds is 2. The van der Waals surface area contributed by atoms with Crippen molar-refractivity contribution in [2.24, 2.45) is 0 Å². The lowest BCUT2D eigenvalue weighted by Gasteiger charge is -2.19. The second-order valence-corrected chi connectivity index (χ2v) is 5.56. The lowest BCUT2D eigenvalue weighted by molar-refractivity contribution is 0.109. The molecule has 1 amide bonds. The summed E-state index contributed by atoms with van der Waals surface area (Å²) in [5.74, 6) is 0.971. The highest BCUT2D eigenvalue weighted by atomic mass is 32.2. The number of benzene rings is 1. The van der Waals surface area contributed by atoms with Gasteiger partial charge in [-0.2, -0.15) is 11.8 Å². The number of hydrogen-bond acceptors (Lipinski definition) is 3. The van der Waals surface area contributed by atoms with Crippen molar-refractivity contribution >= 4 is 17.9 Å². The van der Waals surface area contributed by atoms with Crippen molar-refractivity contribution in [1.82, 2.24) is 4.90 Å². The van der Waals surface area contributed by atoms with Crippen LogP contribution in [0.15, 0.2) is 30.3 Å². The van der Waals surface area contributed by atoms with Gasteiger partial charge in [-0.3, -0.25) is 0 Å². The van der Waals surface area contributed by atoms with Crippen LogP contribution in [0.4, 0.5) is 4.79 Å². The van der Waals surface area contributed by atoms with E-state index < -0.39 is 0 Å². The molecule has 0 bridgehead atoms. The number of carbonyl (C=O) groups excluding carboxylic acids is 1. The fourth-order valence-corrected chi connectivity index (χ4v) is 3.33. The van der Waals surface area contributed by atoms with Gasteiger partial charge >= 0.3 is 6.09 Å². The van der Waals surface area contributed by atoms with Gasteiger partial charge in [0.2, 0.25) is 0 Å². The number of ether oxygens (including phenoxy) is 1. The molecule has 1 aromatic carbocycles. The molecule has 1 heterocycles. The van der Waals surface area contributed by atoms with Crippen LogP contribution < -0.4 is 0 Å². The van der Waals surface area contributed by atoms with E-state index in [1.165, 1.54) is 5.56 Å². The third kappa shape index (κ3) is 3.42. The predicted octanol–water partition coefficient (Wildman–Crippen LogP) is 3.32. The zero-order valence-electron chi connectivity index (χ0n) is 10.7. The first-order valence-corrected chi connectivity index (χ1v) is 7.44. The van der Waals surface area contributed by atoms with Gasteiger partial charge in [-0.15, -0.1) is 0 Å². The molecule has 4 heteroatoms. The summed E-state index contributed by atoms with van der Waals surface area (Å²) in [5, 5.41) is 0.491. The molecule has 0 aliphatic carbocycles. The number of hydrogen-bond donors (Lipinski definition) is 0. The second kappa shape index (κ2) is 6.69. The summed E-state index contributed by atoms with van der Waals surface area (Å²) < 4.78 is 5.06. The van der Waals surface area contributed by atoms with Crippen LogP contribution in [0.25, 0.3) is 0 Å². The molecular weight excluding hydrogens is 246 g/mol.